The molecule has 0 saturated heterocycles. The lowest BCUT2D eigenvalue weighted by atomic mass is 9.76. The average molecular weight is 318 g/mol. The summed E-state index contributed by atoms with van der Waals surface area (Å²) in [5.74, 6) is -0.362. The standard InChI is InChI=1S/C16H22N4O3/c1-15(2,3)13-16(19-22,10-11-17-23-4)14(21)20(18-13)12-8-6-5-7-9-12/h5-9,11,19,22H,10H2,1-4H3. The van der Waals surface area contributed by atoms with Gasteiger partial charge in [-0.3, -0.25) is 4.79 Å². The van der Waals surface area contributed by atoms with Crippen molar-refractivity contribution in [2.75, 3.05) is 12.1 Å². The topological polar surface area (TPSA) is 86.5 Å². The summed E-state index contributed by atoms with van der Waals surface area (Å²) >= 11 is 0. The maximum Gasteiger partial charge on any atom is 0.276 e. The van der Waals surface area contributed by atoms with Gasteiger partial charge in [0, 0.05) is 18.1 Å². The second kappa shape index (κ2) is 6.47. The molecule has 1 aliphatic rings. The molecule has 2 N–H and O–H groups in total. The Morgan fingerprint density at radius 2 is 2.04 bits per heavy atom. The zero-order chi connectivity index (χ0) is 17.1. The maximum absolute atomic E-state index is 13.0. The lowest BCUT2D eigenvalue weighted by Crippen LogP contribution is -2.59. The van der Waals surface area contributed by atoms with Crippen molar-refractivity contribution in [2.24, 2.45) is 15.7 Å². The van der Waals surface area contributed by atoms with E-state index >= 15 is 0 Å². The summed E-state index contributed by atoms with van der Waals surface area (Å²) in [4.78, 5) is 17.7. The summed E-state index contributed by atoms with van der Waals surface area (Å²) in [7, 11) is 1.42. The molecule has 124 valence electrons. The van der Waals surface area contributed by atoms with Gasteiger partial charge in [-0.25, -0.2) is 0 Å². The largest absolute Gasteiger partial charge is 0.399 e. The molecular weight excluding hydrogens is 296 g/mol. The molecule has 1 aliphatic heterocycles. The molecule has 1 aromatic rings. The number of carbonyl (C=O) groups excluding carboxylic acids is 1. The molecule has 1 heterocycles. The van der Waals surface area contributed by atoms with Crippen LogP contribution in [-0.4, -0.2) is 35.7 Å². The van der Waals surface area contributed by atoms with Gasteiger partial charge in [0.1, 0.15) is 7.11 Å². The van der Waals surface area contributed by atoms with Crippen LogP contribution in [0.4, 0.5) is 5.69 Å². The van der Waals surface area contributed by atoms with Crippen LogP contribution in [0.5, 0.6) is 0 Å². The van der Waals surface area contributed by atoms with Gasteiger partial charge in [0.25, 0.3) is 5.91 Å². The molecule has 1 aromatic carbocycles. The normalized spacial score (nSPS) is 21.9. The number of rotatable bonds is 5. The monoisotopic (exact) mass is 318 g/mol. The number of benzene rings is 1. The summed E-state index contributed by atoms with van der Waals surface area (Å²) < 4.78 is 0. The Morgan fingerprint density at radius 1 is 1.39 bits per heavy atom. The Morgan fingerprint density at radius 3 is 2.57 bits per heavy atom. The fourth-order valence-electron chi connectivity index (χ4n) is 2.63. The Bertz CT molecular complexity index is 622. The third-order valence-electron chi connectivity index (χ3n) is 3.64. The highest BCUT2D eigenvalue weighted by Crippen LogP contribution is 2.35. The molecule has 0 aromatic heterocycles. The van der Waals surface area contributed by atoms with Crippen molar-refractivity contribution >= 4 is 23.5 Å². The van der Waals surface area contributed by atoms with Crippen LogP contribution < -0.4 is 10.5 Å². The summed E-state index contributed by atoms with van der Waals surface area (Å²) in [5.41, 5.74) is 1.54. The smallest absolute Gasteiger partial charge is 0.276 e. The number of para-hydroxylation sites is 1. The molecule has 0 spiro atoms. The van der Waals surface area contributed by atoms with E-state index in [1.54, 1.807) is 12.1 Å². The zero-order valence-corrected chi connectivity index (χ0v) is 13.8. The first-order valence-corrected chi connectivity index (χ1v) is 7.32. The third kappa shape index (κ3) is 3.11. The van der Waals surface area contributed by atoms with Crippen molar-refractivity contribution in [1.29, 1.82) is 0 Å². The van der Waals surface area contributed by atoms with Crippen LogP contribution in [0.15, 0.2) is 40.6 Å². The Labute approximate surface area is 135 Å². The highest BCUT2D eigenvalue weighted by Gasteiger charge is 2.54. The molecule has 0 radical (unpaired) electrons. The fraction of sp³-hybridized carbons (Fsp3) is 0.438. The summed E-state index contributed by atoms with van der Waals surface area (Å²) in [6.45, 7) is 5.81. The number of hydrogen-bond donors (Lipinski definition) is 2. The van der Waals surface area contributed by atoms with Crippen molar-refractivity contribution < 1.29 is 14.8 Å². The first-order chi connectivity index (χ1) is 10.9. The number of carbonyl (C=O) groups is 1. The number of hydrazone groups is 1. The number of anilines is 1. The lowest BCUT2D eigenvalue weighted by molar-refractivity contribution is -0.124. The van der Waals surface area contributed by atoms with E-state index < -0.39 is 11.0 Å². The predicted octanol–water partition coefficient (Wildman–Crippen LogP) is 2.18. The van der Waals surface area contributed by atoms with Gasteiger partial charge in [-0.2, -0.15) is 15.6 Å². The van der Waals surface area contributed by atoms with Crippen LogP contribution in [0, 0.1) is 5.41 Å². The van der Waals surface area contributed by atoms with Gasteiger partial charge in [-0.1, -0.05) is 44.1 Å². The number of nitrogens with zero attached hydrogens (tertiary/aromatic N) is 3. The molecule has 7 heteroatoms. The maximum atomic E-state index is 13.0. The number of nitrogens with one attached hydrogen (secondary N) is 1. The van der Waals surface area contributed by atoms with Gasteiger partial charge in [0.05, 0.1) is 11.4 Å². The van der Waals surface area contributed by atoms with Crippen LogP contribution in [-0.2, 0) is 9.63 Å². The second-order valence-corrected chi connectivity index (χ2v) is 6.34. The summed E-state index contributed by atoms with van der Waals surface area (Å²) in [6, 6.07) is 9.10. The number of oxime groups is 1. The van der Waals surface area contributed by atoms with Crippen LogP contribution in [0.2, 0.25) is 0 Å². The Balaban J connectivity index is 2.50. The van der Waals surface area contributed by atoms with Crippen LogP contribution in [0.1, 0.15) is 27.2 Å². The zero-order valence-electron chi connectivity index (χ0n) is 13.8. The first kappa shape index (κ1) is 17.1. The van der Waals surface area contributed by atoms with Crippen molar-refractivity contribution in [3.63, 3.8) is 0 Å². The number of amides is 1. The molecule has 0 saturated carbocycles. The second-order valence-electron chi connectivity index (χ2n) is 6.34. The minimum Gasteiger partial charge on any atom is -0.399 e. The van der Waals surface area contributed by atoms with Gasteiger partial charge in [-0.05, 0) is 12.1 Å². The van der Waals surface area contributed by atoms with Crippen molar-refractivity contribution in [3.05, 3.63) is 30.3 Å². The molecule has 7 nitrogen and oxygen atoms in total. The Kier molecular flexibility index (Phi) is 4.82. The van der Waals surface area contributed by atoms with E-state index in [1.807, 2.05) is 39.0 Å². The van der Waals surface area contributed by atoms with E-state index in [2.05, 4.69) is 20.6 Å². The van der Waals surface area contributed by atoms with E-state index in [4.69, 9.17) is 0 Å². The summed E-state index contributed by atoms with van der Waals surface area (Å²) in [6.07, 6.45) is 1.56. The van der Waals surface area contributed by atoms with Gasteiger partial charge in [-0.15, -0.1) is 0 Å². The van der Waals surface area contributed by atoms with E-state index in [0.717, 1.165) is 0 Å². The molecular formula is C16H22N4O3. The molecule has 1 atom stereocenters. The van der Waals surface area contributed by atoms with Crippen LogP contribution in [0.3, 0.4) is 0 Å². The fourth-order valence-corrected chi connectivity index (χ4v) is 2.63. The average Bonchev–Trinajstić information content (AvgIpc) is 2.82. The van der Waals surface area contributed by atoms with Crippen LogP contribution >= 0.6 is 0 Å². The van der Waals surface area contributed by atoms with Crippen molar-refractivity contribution in [2.45, 2.75) is 32.7 Å². The van der Waals surface area contributed by atoms with Gasteiger partial charge in [0.15, 0.2) is 5.54 Å². The number of hydrogen-bond acceptors (Lipinski definition) is 6. The highest BCUT2D eigenvalue weighted by atomic mass is 16.6. The van der Waals surface area contributed by atoms with E-state index in [1.165, 1.54) is 18.3 Å². The summed E-state index contributed by atoms with van der Waals surface area (Å²) in [5, 5.41) is 19.3. The molecule has 23 heavy (non-hydrogen) atoms. The minimum atomic E-state index is -1.36. The van der Waals surface area contributed by atoms with Crippen LogP contribution in [0.25, 0.3) is 0 Å². The molecule has 2 rings (SSSR count). The first-order valence-electron chi connectivity index (χ1n) is 7.32. The van der Waals surface area contributed by atoms with Crippen molar-refractivity contribution in [1.82, 2.24) is 5.48 Å². The lowest BCUT2D eigenvalue weighted by Gasteiger charge is -2.31. The molecule has 0 aliphatic carbocycles. The molecule has 0 fully saturated rings. The molecule has 0 bridgehead atoms. The SMILES string of the molecule is CON=CCC1(NO)C(=O)N(c2ccccc2)N=C1C(C)(C)C. The van der Waals surface area contributed by atoms with Gasteiger partial charge < -0.3 is 10.0 Å². The van der Waals surface area contributed by atoms with Crippen molar-refractivity contribution in [3.8, 4) is 0 Å². The van der Waals surface area contributed by atoms with E-state index in [-0.39, 0.29) is 12.3 Å². The minimum absolute atomic E-state index is 0.121. The third-order valence-corrected chi connectivity index (χ3v) is 3.64. The van der Waals surface area contributed by atoms with Gasteiger partial charge >= 0.3 is 0 Å². The van der Waals surface area contributed by atoms with E-state index in [0.29, 0.717) is 11.4 Å². The highest BCUT2D eigenvalue weighted by molar-refractivity contribution is 6.25. The molecule has 1 unspecified atom stereocenters. The quantitative estimate of drug-likeness (QED) is 0.643. The molecule has 1 amide bonds. The number of hydroxylamine groups is 1. The van der Waals surface area contributed by atoms with E-state index in [9.17, 15) is 10.0 Å². The predicted molar refractivity (Wildman–Crippen MR) is 88.6 cm³/mol. The van der Waals surface area contributed by atoms with Gasteiger partial charge in [0.2, 0.25) is 0 Å². The Hall–Kier alpha value is -2.25.